The fourth-order valence-corrected chi connectivity index (χ4v) is 2.50. The van der Waals surface area contributed by atoms with Crippen LogP contribution in [0, 0.1) is 5.82 Å². The maximum Gasteiger partial charge on any atom is 0.346 e. The lowest BCUT2D eigenvalue weighted by atomic mass is 10.2. The van der Waals surface area contributed by atoms with Crippen molar-refractivity contribution in [3.63, 3.8) is 0 Å². The number of ether oxygens (including phenoxy) is 3. The molecular weight excluding hydrogens is 403 g/mol. The van der Waals surface area contributed by atoms with Gasteiger partial charge in [0.2, 0.25) is 0 Å². The number of nitrogens with one attached hydrogen (secondary N) is 1. The third-order valence-corrected chi connectivity index (χ3v) is 4.02. The molecule has 158 valence electrons. The molecule has 0 saturated heterocycles. The largest absolute Gasteiger partial charge is 0.493 e. The molecule has 0 atom stereocenters. The first kappa shape index (κ1) is 21.5. The second-order valence-corrected chi connectivity index (χ2v) is 6.17. The van der Waals surface area contributed by atoms with Gasteiger partial charge >= 0.3 is 5.97 Å². The Labute approximate surface area is 178 Å². The molecule has 7 nitrogen and oxygen atoms in total. The molecule has 0 aromatic heterocycles. The molecule has 3 rings (SSSR count). The van der Waals surface area contributed by atoms with Crippen LogP contribution in [0.15, 0.2) is 77.9 Å². The van der Waals surface area contributed by atoms with Crippen molar-refractivity contribution in [1.29, 1.82) is 0 Å². The van der Waals surface area contributed by atoms with Crippen LogP contribution in [0.5, 0.6) is 17.2 Å². The predicted octanol–water partition coefficient (Wildman–Crippen LogP) is 3.58. The number of esters is 1. The Morgan fingerprint density at radius 1 is 0.968 bits per heavy atom. The SMILES string of the molecule is COc1ccccc1OCC(=O)N/N=C/c1ccc(OC(=O)c2ccccc2F)cc1. The molecule has 0 unspecified atom stereocenters. The summed E-state index contributed by atoms with van der Waals surface area (Å²) in [6.07, 6.45) is 1.42. The molecule has 8 heteroatoms. The number of methoxy groups -OCH3 is 1. The molecule has 0 bridgehead atoms. The van der Waals surface area contributed by atoms with E-state index in [1.54, 1.807) is 42.5 Å². The number of hydrazone groups is 1. The summed E-state index contributed by atoms with van der Waals surface area (Å²) in [5.74, 6) is -0.667. The zero-order valence-electron chi connectivity index (χ0n) is 16.6. The zero-order chi connectivity index (χ0) is 22.1. The van der Waals surface area contributed by atoms with Crippen molar-refractivity contribution < 1.29 is 28.2 Å². The molecule has 0 spiro atoms. The smallest absolute Gasteiger partial charge is 0.346 e. The van der Waals surface area contributed by atoms with Gasteiger partial charge in [-0.2, -0.15) is 5.10 Å². The molecule has 0 heterocycles. The van der Waals surface area contributed by atoms with Gasteiger partial charge in [0.25, 0.3) is 5.91 Å². The highest BCUT2D eigenvalue weighted by atomic mass is 19.1. The Balaban J connectivity index is 1.48. The van der Waals surface area contributed by atoms with E-state index in [2.05, 4.69) is 10.5 Å². The van der Waals surface area contributed by atoms with Gasteiger partial charge in [-0.05, 0) is 54.1 Å². The Morgan fingerprint density at radius 3 is 2.35 bits per heavy atom. The molecule has 0 radical (unpaired) electrons. The average molecular weight is 422 g/mol. The van der Waals surface area contributed by atoms with Crippen LogP contribution >= 0.6 is 0 Å². The molecule has 0 aliphatic rings. The van der Waals surface area contributed by atoms with E-state index in [1.165, 1.54) is 43.7 Å². The van der Waals surface area contributed by atoms with Crippen LogP contribution < -0.4 is 19.6 Å². The number of nitrogens with zero attached hydrogens (tertiary/aromatic N) is 1. The Hall–Kier alpha value is -4.20. The van der Waals surface area contributed by atoms with Gasteiger partial charge in [0.1, 0.15) is 11.6 Å². The number of carbonyl (C=O) groups is 2. The summed E-state index contributed by atoms with van der Waals surface area (Å²) in [5.41, 5.74) is 2.85. The third-order valence-electron chi connectivity index (χ3n) is 4.02. The summed E-state index contributed by atoms with van der Waals surface area (Å²) in [7, 11) is 1.51. The van der Waals surface area contributed by atoms with Gasteiger partial charge in [-0.3, -0.25) is 4.79 Å². The fraction of sp³-hybridized carbons (Fsp3) is 0.0870. The topological polar surface area (TPSA) is 86.2 Å². The van der Waals surface area contributed by atoms with Crippen LogP contribution in [0.1, 0.15) is 15.9 Å². The van der Waals surface area contributed by atoms with Crippen LogP contribution in [0.25, 0.3) is 0 Å². The minimum atomic E-state index is -0.790. The molecule has 0 aliphatic heterocycles. The first-order valence-corrected chi connectivity index (χ1v) is 9.21. The highest BCUT2D eigenvalue weighted by Crippen LogP contribution is 2.25. The van der Waals surface area contributed by atoms with E-state index in [1.807, 2.05) is 0 Å². The number of amides is 1. The fourth-order valence-electron chi connectivity index (χ4n) is 2.50. The van der Waals surface area contributed by atoms with Crippen LogP contribution in [-0.2, 0) is 4.79 Å². The van der Waals surface area contributed by atoms with Crippen molar-refractivity contribution in [1.82, 2.24) is 5.43 Å². The molecule has 0 saturated carbocycles. The van der Waals surface area contributed by atoms with Crippen molar-refractivity contribution in [2.45, 2.75) is 0 Å². The van der Waals surface area contributed by atoms with Crippen LogP contribution in [0.2, 0.25) is 0 Å². The lowest BCUT2D eigenvalue weighted by Gasteiger charge is -2.09. The van der Waals surface area contributed by atoms with Crippen molar-refractivity contribution >= 4 is 18.1 Å². The van der Waals surface area contributed by atoms with E-state index < -0.39 is 17.7 Å². The standard InChI is InChI=1S/C23H19FN2O5/c1-29-20-8-4-5-9-21(20)30-15-22(27)26-25-14-16-10-12-17(13-11-16)31-23(28)18-6-2-3-7-19(18)24/h2-14H,15H2,1H3,(H,26,27)/b25-14+. The summed E-state index contributed by atoms with van der Waals surface area (Å²) in [5, 5.41) is 3.85. The van der Waals surface area contributed by atoms with Crippen LogP contribution in [0.4, 0.5) is 4.39 Å². The normalized spacial score (nSPS) is 10.5. The average Bonchev–Trinajstić information content (AvgIpc) is 2.79. The van der Waals surface area contributed by atoms with Crippen LogP contribution in [0.3, 0.4) is 0 Å². The van der Waals surface area contributed by atoms with E-state index in [9.17, 15) is 14.0 Å². The quantitative estimate of drug-likeness (QED) is 0.260. The molecule has 1 amide bonds. The molecule has 31 heavy (non-hydrogen) atoms. The summed E-state index contributed by atoms with van der Waals surface area (Å²) >= 11 is 0. The Kier molecular flexibility index (Phi) is 7.31. The van der Waals surface area contributed by atoms with Crippen molar-refractivity contribution in [2.75, 3.05) is 13.7 Å². The van der Waals surface area contributed by atoms with Crippen molar-refractivity contribution in [3.8, 4) is 17.2 Å². The van der Waals surface area contributed by atoms with Crippen molar-refractivity contribution in [2.24, 2.45) is 5.10 Å². The minimum Gasteiger partial charge on any atom is -0.493 e. The van der Waals surface area contributed by atoms with Gasteiger partial charge in [-0.25, -0.2) is 14.6 Å². The highest BCUT2D eigenvalue weighted by molar-refractivity contribution is 5.91. The lowest BCUT2D eigenvalue weighted by Crippen LogP contribution is -2.24. The van der Waals surface area contributed by atoms with Crippen molar-refractivity contribution in [3.05, 3.63) is 89.7 Å². The second kappa shape index (κ2) is 10.5. The number of benzene rings is 3. The van der Waals surface area contributed by atoms with E-state index in [0.29, 0.717) is 17.1 Å². The number of carbonyl (C=O) groups excluding carboxylic acids is 2. The predicted molar refractivity (Wildman–Crippen MR) is 112 cm³/mol. The first-order chi connectivity index (χ1) is 15.1. The van der Waals surface area contributed by atoms with E-state index in [4.69, 9.17) is 14.2 Å². The molecule has 0 fully saturated rings. The van der Waals surface area contributed by atoms with Gasteiger partial charge in [-0.15, -0.1) is 0 Å². The van der Waals surface area contributed by atoms with E-state index >= 15 is 0 Å². The molecule has 0 aliphatic carbocycles. The molecule has 3 aromatic carbocycles. The third kappa shape index (κ3) is 6.14. The Bertz CT molecular complexity index is 1080. The molecule has 1 N–H and O–H groups in total. The number of para-hydroxylation sites is 2. The van der Waals surface area contributed by atoms with Gasteiger partial charge < -0.3 is 14.2 Å². The number of hydrogen-bond donors (Lipinski definition) is 1. The first-order valence-electron chi connectivity index (χ1n) is 9.21. The zero-order valence-corrected chi connectivity index (χ0v) is 16.6. The summed E-state index contributed by atoms with van der Waals surface area (Å²) < 4.78 is 29.3. The van der Waals surface area contributed by atoms with Gasteiger partial charge in [0.15, 0.2) is 18.1 Å². The number of halogens is 1. The lowest BCUT2D eigenvalue weighted by molar-refractivity contribution is -0.123. The van der Waals surface area contributed by atoms with Gasteiger partial charge in [0, 0.05) is 0 Å². The van der Waals surface area contributed by atoms with Gasteiger partial charge in [-0.1, -0.05) is 24.3 Å². The minimum absolute atomic E-state index is 0.147. The maximum absolute atomic E-state index is 13.6. The monoisotopic (exact) mass is 422 g/mol. The number of hydrogen-bond acceptors (Lipinski definition) is 6. The van der Waals surface area contributed by atoms with Gasteiger partial charge in [0.05, 0.1) is 18.9 Å². The number of rotatable bonds is 8. The molecular formula is C23H19FN2O5. The molecule has 3 aromatic rings. The van der Waals surface area contributed by atoms with E-state index in [0.717, 1.165) is 0 Å². The maximum atomic E-state index is 13.6. The second-order valence-electron chi connectivity index (χ2n) is 6.17. The highest BCUT2D eigenvalue weighted by Gasteiger charge is 2.13. The summed E-state index contributed by atoms with van der Waals surface area (Å²) in [6.45, 7) is -0.233. The summed E-state index contributed by atoms with van der Waals surface area (Å²) in [4.78, 5) is 23.9. The van der Waals surface area contributed by atoms with E-state index in [-0.39, 0.29) is 17.9 Å². The summed E-state index contributed by atoms with van der Waals surface area (Å²) in [6, 6.07) is 18.9. The Morgan fingerprint density at radius 2 is 1.65 bits per heavy atom. The van der Waals surface area contributed by atoms with Crippen LogP contribution in [-0.4, -0.2) is 31.8 Å².